The number of fused-ring (bicyclic) bond motifs is 1. The lowest BCUT2D eigenvalue weighted by Crippen LogP contribution is -2.20. The fourth-order valence-corrected chi connectivity index (χ4v) is 2.41. The maximum absolute atomic E-state index is 6.27. The molecule has 112 valence electrons. The van der Waals surface area contributed by atoms with Crippen LogP contribution in [0.1, 0.15) is 18.4 Å². The average Bonchev–Trinajstić information content (AvgIpc) is 2.46. The summed E-state index contributed by atoms with van der Waals surface area (Å²) in [5.74, 6) is 1.57. The molecule has 5 heteroatoms. The Balaban J connectivity index is 1.75. The molecule has 0 saturated heterocycles. The van der Waals surface area contributed by atoms with E-state index in [0.717, 1.165) is 61.0 Å². The quantitative estimate of drug-likeness (QED) is 0.749. The van der Waals surface area contributed by atoms with Crippen LogP contribution in [-0.4, -0.2) is 40.0 Å². The van der Waals surface area contributed by atoms with Gasteiger partial charge in [-0.3, -0.25) is 0 Å². The van der Waals surface area contributed by atoms with Gasteiger partial charge in [0.05, 0.1) is 6.61 Å². The molecule has 0 unspecified atom stereocenters. The molecule has 0 bridgehead atoms. The molecule has 0 radical (unpaired) electrons. The third kappa shape index (κ3) is 4.54. The van der Waals surface area contributed by atoms with Crippen LogP contribution in [-0.2, 0) is 11.2 Å². The van der Waals surface area contributed by atoms with E-state index in [0.29, 0.717) is 13.2 Å². The fraction of sp³-hybridized carbons (Fsp3) is 0.600. The molecule has 1 N–H and O–H groups in total. The zero-order valence-electron chi connectivity index (χ0n) is 11.9. The van der Waals surface area contributed by atoms with Gasteiger partial charge in [0.25, 0.3) is 0 Å². The van der Waals surface area contributed by atoms with Crippen molar-refractivity contribution < 1.29 is 14.2 Å². The van der Waals surface area contributed by atoms with Crippen LogP contribution < -0.4 is 14.8 Å². The van der Waals surface area contributed by atoms with Gasteiger partial charge in [0.1, 0.15) is 13.2 Å². The number of nitrogens with one attached hydrogen (secondary N) is 1. The molecule has 0 aromatic heterocycles. The first-order valence-corrected chi connectivity index (χ1v) is 7.46. The highest BCUT2D eigenvalue weighted by Gasteiger charge is 2.14. The van der Waals surface area contributed by atoms with E-state index in [1.165, 1.54) is 0 Å². The highest BCUT2D eigenvalue weighted by molar-refractivity contribution is 6.31. The molecule has 0 atom stereocenters. The Kier molecular flexibility index (Phi) is 6.43. The lowest BCUT2D eigenvalue weighted by Gasteiger charge is -2.19. The van der Waals surface area contributed by atoms with Crippen molar-refractivity contribution in [1.29, 1.82) is 0 Å². The summed E-state index contributed by atoms with van der Waals surface area (Å²) < 4.78 is 16.1. The topological polar surface area (TPSA) is 39.7 Å². The number of rotatable bonds is 8. The van der Waals surface area contributed by atoms with E-state index < -0.39 is 0 Å². The number of hydrogen-bond acceptors (Lipinski definition) is 4. The van der Waals surface area contributed by atoms with Crippen LogP contribution in [0.3, 0.4) is 0 Å². The van der Waals surface area contributed by atoms with E-state index in [1.54, 1.807) is 7.11 Å². The van der Waals surface area contributed by atoms with E-state index in [2.05, 4.69) is 5.32 Å². The fourth-order valence-electron chi connectivity index (χ4n) is 2.16. The van der Waals surface area contributed by atoms with Gasteiger partial charge < -0.3 is 19.5 Å². The number of ether oxygens (including phenoxy) is 3. The van der Waals surface area contributed by atoms with Gasteiger partial charge in [0.15, 0.2) is 11.5 Å². The molecule has 20 heavy (non-hydrogen) atoms. The second kappa shape index (κ2) is 8.35. The first kappa shape index (κ1) is 15.4. The van der Waals surface area contributed by atoms with E-state index in [4.69, 9.17) is 25.8 Å². The number of methoxy groups -OCH3 is 1. The number of hydrogen-bond donors (Lipinski definition) is 1. The van der Waals surface area contributed by atoms with Crippen molar-refractivity contribution in [2.75, 3.05) is 40.0 Å². The maximum Gasteiger partial charge on any atom is 0.162 e. The van der Waals surface area contributed by atoms with Gasteiger partial charge in [0, 0.05) is 24.7 Å². The summed E-state index contributed by atoms with van der Waals surface area (Å²) in [6, 6.07) is 3.87. The molecule has 4 nitrogen and oxygen atoms in total. The van der Waals surface area contributed by atoms with E-state index >= 15 is 0 Å². The highest BCUT2D eigenvalue weighted by atomic mass is 35.5. The van der Waals surface area contributed by atoms with Gasteiger partial charge in [-0.2, -0.15) is 0 Å². The smallest absolute Gasteiger partial charge is 0.162 e. The van der Waals surface area contributed by atoms with Crippen LogP contribution in [0.4, 0.5) is 0 Å². The van der Waals surface area contributed by atoms with Crippen molar-refractivity contribution >= 4 is 11.6 Å². The molecule has 0 spiro atoms. The monoisotopic (exact) mass is 299 g/mol. The largest absolute Gasteiger partial charge is 0.486 e. The molecule has 0 saturated carbocycles. The number of unbranched alkanes of at least 4 members (excludes halogenated alkanes) is 1. The first-order chi connectivity index (χ1) is 9.81. The average molecular weight is 300 g/mol. The summed E-state index contributed by atoms with van der Waals surface area (Å²) in [5, 5.41) is 4.10. The number of aryl methyl sites for hydroxylation is 1. The number of halogens is 1. The minimum Gasteiger partial charge on any atom is -0.486 e. The van der Waals surface area contributed by atoms with Gasteiger partial charge in [0.2, 0.25) is 0 Å². The Morgan fingerprint density at radius 1 is 1.15 bits per heavy atom. The third-order valence-electron chi connectivity index (χ3n) is 3.24. The first-order valence-electron chi connectivity index (χ1n) is 7.09. The van der Waals surface area contributed by atoms with E-state index in [1.807, 2.05) is 12.1 Å². The SMILES string of the molecule is COCCNCCCCc1cc2c(cc1Cl)OCCO2. The van der Waals surface area contributed by atoms with Gasteiger partial charge in [-0.1, -0.05) is 11.6 Å². The van der Waals surface area contributed by atoms with Crippen LogP contribution in [0.5, 0.6) is 11.5 Å². The van der Waals surface area contributed by atoms with E-state index in [-0.39, 0.29) is 0 Å². The lowest BCUT2D eigenvalue weighted by molar-refractivity contribution is 0.171. The zero-order valence-corrected chi connectivity index (χ0v) is 12.7. The summed E-state index contributed by atoms with van der Waals surface area (Å²) in [5.41, 5.74) is 1.13. The summed E-state index contributed by atoms with van der Waals surface area (Å²) in [7, 11) is 1.71. The Hall–Kier alpha value is -0.970. The summed E-state index contributed by atoms with van der Waals surface area (Å²) in [4.78, 5) is 0. The molecular formula is C15H22ClNO3. The molecular weight excluding hydrogens is 278 g/mol. The molecule has 1 aromatic carbocycles. The van der Waals surface area contributed by atoms with Crippen LogP contribution >= 0.6 is 11.6 Å². The van der Waals surface area contributed by atoms with Crippen molar-refractivity contribution in [3.05, 3.63) is 22.7 Å². The Labute approximate surface area is 125 Å². The summed E-state index contributed by atoms with van der Waals surface area (Å²) in [6.45, 7) is 3.87. The molecule has 1 aliphatic rings. The maximum atomic E-state index is 6.27. The van der Waals surface area contributed by atoms with Crippen LogP contribution in [0.25, 0.3) is 0 Å². The molecule has 0 aliphatic carbocycles. The van der Waals surface area contributed by atoms with Crippen molar-refractivity contribution in [3.8, 4) is 11.5 Å². The highest BCUT2D eigenvalue weighted by Crippen LogP contribution is 2.35. The van der Waals surface area contributed by atoms with Gasteiger partial charge in [-0.25, -0.2) is 0 Å². The predicted octanol–water partition coefficient (Wildman–Crippen LogP) is 2.67. The molecule has 1 heterocycles. The van der Waals surface area contributed by atoms with Gasteiger partial charge >= 0.3 is 0 Å². The van der Waals surface area contributed by atoms with Gasteiger partial charge in [-0.05, 0) is 37.4 Å². The standard InChI is InChI=1S/C15H22ClNO3/c1-18-7-6-17-5-3-2-4-12-10-14-15(11-13(12)16)20-9-8-19-14/h10-11,17H,2-9H2,1H3. The van der Waals surface area contributed by atoms with E-state index in [9.17, 15) is 0 Å². The predicted molar refractivity (Wildman–Crippen MR) is 80.1 cm³/mol. The third-order valence-corrected chi connectivity index (χ3v) is 3.60. The van der Waals surface area contributed by atoms with Crippen LogP contribution in [0, 0.1) is 0 Å². The lowest BCUT2D eigenvalue weighted by atomic mass is 10.1. The Morgan fingerprint density at radius 2 is 1.90 bits per heavy atom. The molecule has 0 amide bonds. The summed E-state index contributed by atoms with van der Waals surface area (Å²) >= 11 is 6.27. The van der Waals surface area contributed by atoms with Crippen molar-refractivity contribution in [3.63, 3.8) is 0 Å². The van der Waals surface area contributed by atoms with Crippen molar-refractivity contribution in [1.82, 2.24) is 5.32 Å². The Bertz CT molecular complexity index is 426. The molecule has 0 fully saturated rings. The molecule has 1 aromatic rings. The minimum absolute atomic E-state index is 0.593. The zero-order chi connectivity index (χ0) is 14.2. The van der Waals surface area contributed by atoms with Crippen LogP contribution in [0.15, 0.2) is 12.1 Å². The Morgan fingerprint density at radius 3 is 2.65 bits per heavy atom. The van der Waals surface area contributed by atoms with Crippen LogP contribution in [0.2, 0.25) is 5.02 Å². The normalized spacial score (nSPS) is 13.5. The second-order valence-electron chi connectivity index (χ2n) is 4.79. The second-order valence-corrected chi connectivity index (χ2v) is 5.19. The van der Waals surface area contributed by atoms with Gasteiger partial charge in [-0.15, -0.1) is 0 Å². The minimum atomic E-state index is 0.593. The molecule has 2 rings (SSSR count). The van der Waals surface area contributed by atoms with Crippen molar-refractivity contribution in [2.45, 2.75) is 19.3 Å². The summed E-state index contributed by atoms with van der Waals surface area (Å²) in [6.07, 6.45) is 3.18. The van der Waals surface area contributed by atoms with Crippen molar-refractivity contribution in [2.24, 2.45) is 0 Å². The molecule has 1 aliphatic heterocycles. The number of benzene rings is 1.